The predicted octanol–water partition coefficient (Wildman–Crippen LogP) is 2.06. The van der Waals surface area contributed by atoms with E-state index < -0.39 is 5.60 Å². The van der Waals surface area contributed by atoms with E-state index in [1.54, 1.807) is 0 Å². The molecule has 1 aliphatic heterocycles. The Morgan fingerprint density at radius 2 is 2.15 bits per heavy atom. The maximum absolute atomic E-state index is 10.2. The van der Waals surface area contributed by atoms with Crippen LogP contribution in [-0.2, 0) is 10.3 Å². The number of rotatable bonds is 1. The molecule has 0 saturated carbocycles. The smallest absolute Gasteiger partial charge is 0.116 e. The van der Waals surface area contributed by atoms with Gasteiger partial charge < -0.3 is 9.84 Å². The van der Waals surface area contributed by atoms with E-state index in [4.69, 9.17) is 4.74 Å². The molecule has 70 valence electrons. The molecular weight excluding hydrogens is 232 g/mol. The summed E-state index contributed by atoms with van der Waals surface area (Å²) in [6.07, 6.45) is 0.676. The van der Waals surface area contributed by atoms with Gasteiger partial charge in [0, 0.05) is 23.1 Å². The normalized spacial score (nSPS) is 27.8. The van der Waals surface area contributed by atoms with Crippen LogP contribution in [0.3, 0.4) is 0 Å². The summed E-state index contributed by atoms with van der Waals surface area (Å²) in [4.78, 5) is 0. The van der Waals surface area contributed by atoms with Crippen LogP contribution < -0.4 is 0 Å². The summed E-state index contributed by atoms with van der Waals surface area (Å²) in [5, 5.41) is 10.2. The van der Waals surface area contributed by atoms with Crippen molar-refractivity contribution in [3.63, 3.8) is 0 Å². The fourth-order valence-electron chi connectivity index (χ4n) is 1.61. The summed E-state index contributed by atoms with van der Waals surface area (Å²) in [5.74, 6) is 0. The summed E-state index contributed by atoms with van der Waals surface area (Å²) in [5.41, 5.74) is 0.132. The van der Waals surface area contributed by atoms with Gasteiger partial charge >= 0.3 is 0 Å². The first kappa shape index (κ1) is 9.19. The van der Waals surface area contributed by atoms with Crippen molar-refractivity contribution in [3.05, 3.63) is 34.3 Å². The SMILES string of the molecule is OC1(c2ccccc2Br)CCOC1. The number of aliphatic hydroxyl groups is 1. The van der Waals surface area contributed by atoms with Crippen LogP contribution in [0, 0.1) is 0 Å². The number of benzene rings is 1. The summed E-state index contributed by atoms with van der Waals surface area (Å²) in [7, 11) is 0. The fourth-order valence-corrected chi connectivity index (χ4v) is 2.26. The minimum absolute atomic E-state index is 0.398. The largest absolute Gasteiger partial charge is 0.383 e. The van der Waals surface area contributed by atoms with Crippen molar-refractivity contribution in [2.24, 2.45) is 0 Å². The van der Waals surface area contributed by atoms with Gasteiger partial charge in [-0.1, -0.05) is 34.1 Å². The molecule has 0 spiro atoms. The van der Waals surface area contributed by atoms with Gasteiger partial charge in [-0.25, -0.2) is 0 Å². The first-order valence-electron chi connectivity index (χ1n) is 4.27. The molecule has 1 atom stereocenters. The van der Waals surface area contributed by atoms with Crippen LogP contribution >= 0.6 is 15.9 Å². The van der Waals surface area contributed by atoms with E-state index in [9.17, 15) is 5.11 Å². The Labute approximate surface area is 85.7 Å². The zero-order chi connectivity index (χ0) is 9.31. The van der Waals surface area contributed by atoms with E-state index in [1.807, 2.05) is 24.3 Å². The zero-order valence-electron chi connectivity index (χ0n) is 7.16. The standard InChI is InChI=1S/C10H11BrO2/c11-9-4-2-1-3-8(9)10(12)5-6-13-7-10/h1-4,12H,5-7H2. The molecule has 1 N–H and O–H groups in total. The molecule has 0 aliphatic carbocycles. The molecule has 0 bridgehead atoms. The third kappa shape index (κ3) is 1.64. The molecule has 0 aromatic heterocycles. The maximum atomic E-state index is 10.2. The molecule has 0 amide bonds. The van der Waals surface area contributed by atoms with E-state index in [2.05, 4.69) is 15.9 Å². The molecule has 1 aromatic rings. The highest BCUT2D eigenvalue weighted by Gasteiger charge is 2.35. The molecular formula is C10H11BrO2. The van der Waals surface area contributed by atoms with E-state index in [-0.39, 0.29) is 0 Å². The van der Waals surface area contributed by atoms with Gasteiger partial charge in [0.05, 0.1) is 6.61 Å². The molecule has 1 fully saturated rings. The second kappa shape index (κ2) is 3.40. The first-order chi connectivity index (χ1) is 6.22. The summed E-state index contributed by atoms with van der Waals surface area (Å²) in [6, 6.07) is 7.73. The Balaban J connectivity index is 2.39. The molecule has 3 heteroatoms. The van der Waals surface area contributed by atoms with E-state index >= 15 is 0 Å². The number of hydrogen-bond donors (Lipinski definition) is 1. The van der Waals surface area contributed by atoms with E-state index in [0.717, 1.165) is 10.0 Å². The average molecular weight is 243 g/mol. The van der Waals surface area contributed by atoms with Crippen molar-refractivity contribution >= 4 is 15.9 Å². The Bertz CT molecular complexity index is 306. The molecule has 1 aliphatic rings. The van der Waals surface area contributed by atoms with Crippen LogP contribution in [0.2, 0.25) is 0 Å². The monoisotopic (exact) mass is 242 g/mol. The Morgan fingerprint density at radius 3 is 2.77 bits per heavy atom. The summed E-state index contributed by atoms with van der Waals surface area (Å²) in [6.45, 7) is 1.04. The molecule has 13 heavy (non-hydrogen) atoms. The zero-order valence-corrected chi connectivity index (χ0v) is 8.75. The second-order valence-corrected chi connectivity index (χ2v) is 4.17. The molecule has 0 radical (unpaired) electrons. The van der Waals surface area contributed by atoms with Crippen molar-refractivity contribution < 1.29 is 9.84 Å². The van der Waals surface area contributed by atoms with Crippen molar-refractivity contribution in [1.82, 2.24) is 0 Å². The first-order valence-corrected chi connectivity index (χ1v) is 5.07. The number of hydrogen-bond acceptors (Lipinski definition) is 2. The van der Waals surface area contributed by atoms with E-state index in [0.29, 0.717) is 19.6 Å². The topological polar surface area (TPSA) is 29.5 Å². The molecule has 2 nitrogen and oxygen atoms in total. The number of halogens is 1. The predicted molar refractivity (Wildman–Crippen MR) is 53.5 cm³/mol. The highest BCUT2D eigenvalue weighted by atomic mass is 79.9. The van der Waals surface area contributed by atoms with Gasteiger partial charge in [0.2, 0.25) is 0 Å². The lowest BCUT2D eigenvalue weighted by Crippen LogP contribution is -2.25. The van der Waals surface area contributed by atoms with Gasteiger partial charge in [-0.05, 0) is 6.07 Å². The summed E-state index contributed by atoms with van der Waals surface area (Å²) >= 11 is 3.43. The average Bonchev–Trinajstić information content (AvgIpc) is 2.54. The quantitative estimate of drug-likeness (QED) is 0.818. The molecule has 2 rings (SSSR count). The van der Waals surface area contributed by atoms with Crippen LogP contribution in [0.15, 0.2) is 28.7 Å². The highest BCUT2D eigenvalue weighted by Crippen LogP contribution is 2.34. The second-order valence-electron chi connectivity index (χ2n) is 3.31. The van der Waals surface area contributed by atoms with Crippen molar-refractivity contribution in [2.75, 3.05) is 13.2 Å². The Kier molecular flexibility index (Phi) is 2.41. The van der Waals surface area contributed by atoms with Gasteiger partial charge in [0.25, 0.3) is 0 Å². The lowest BCUT2D eigenvalue weighted by atomic mass is 9.93. The highest BCUT2D eigenvalue weighted by molar-refractivity contribution is 9.10. The molecule has 1 saturated heterocycles. The van der Waals surface area contributed by atoms with Crippen LogP contribution in [0.5, 0.6) is 0 Å². The van der Waals surface area contributed by atoms with Gasteiger partial charge in [0.15, 0.2) is 0 Å². The van der Waals surface area contributed by atoms with E-state index in [1.165, 1.54) is 0 Å². The van der Waals surface area contributed by atoms with Crippen molar-refractivity contribution in [2.45, 2.75) is 12.0 Å². The van der Waals surface area contributed by atoms with Crippen molar-refractivity contribution in [3.8, 4) is 0 Å². The van der Waals surface area contributed by atoms with Crippen molar-refractivity contribution in [1.29, 1.82) is 0 Å². The minimum Gasteiger partial charge on any atom is -0.383 e. The van der Waals surface area contributed by atoms with Gasteiger partial charge in [-0.15, -0.1) is 0 Å². The molecule has 1 heterocycles. The van der Waals surface area contributed by atoms with Gasteiger partial charge in [-0.2, -0.15) is 0 Å². The minimum atomic E-state index is -0.792. The summed E-state index contributed by atoms with van der Waals surface area (Å²) < 4.78 is 6.15. The lowest BCUT2D eigenvalue weighted by molar-refractivity contribution is 0.0226. The van der Waals surface area contributed by atoms with Gasteiger partial charge in [0.1, 0.15) is 5.60 Å². The van der Waals surface area contributed by atoms with Crippen LogP contribution in [0.4, 0.5) is 0 Å². The maximum Gasteiger partial charge on any atom is 0.116 e. The Hall–Kier alpha value is -0.380. The third-order valence-electron chi connectivity index (χ3n) is 2.38. The van der Waals surface area contributed by atoms with Gasteiger partial charge in [-0.3, -0.25) is 0 Å². The fraction of sp³-hybridized carbons (Fsp3) is 0.400. The molecule has 1 unspecified atom stereocenters. The third-order valence-corrected chi connectivity index (χ3v) is 3.07. The lowest BCUT2D eigenvalue weighted by Gasteiger charge is -2.21. The van der Waals surface area contributed by atoms with Crippen LogP contribution in [-0.4, -0.2) is 18.3 Å². The van der Waals surface area contributed by atoms with Crippen LogP contribution in [0.1, 0.15) is 12.0 Å². The molecule has 1 aromatic carbocycles. The Morgan fingerprint density at radius 1 is 1.38 bits per heavy atom. The number of ether oxygens (including phenoxy) is 1. The van der Waals surface area contributed by atoms with Crippen LogP contribution in [0.25, 0.3) is 0 Å².